The van der Waals surface area contributed by atoms with Gasteiger partial charge < -0.3 is 5.32 Å². The number of nitrogens with one attached hydrogen (secondary N) is 1. The van der Waals surface area contributed by atoms with Gasteiger partial charge in [-0.1, -0.05) is 60.2 Å². The smallest absolute Gasteiger partial charge is 0.248 e. The summed E-state index contributed by atoms with van der Waals surface area (Å²) in [7, 11) is 0. The van der Waals surface area contributed by atoms with Gasteiger partial charge in [-0.25, -0.2) is 0 Å². The lowest BCUT2D eigenvalue weighted by Gasteiger charge is -2.37. The summed E-state index contributed by atoms with van der Waals surface area (Å²) >= 11 is 6.15. The minimum Gasteiger partial charge on any atom is -0.324 e. The highest BCUT2D eigenvalue weighted by molar-refractivity contribution is 6.31. The van der Waals surface area contributed by atoms with Crippen LogP contribution in [-0.2, 0) is 20.8 Å². The molecule has 2 aromatic carbocycles. The molecule has 3 amide bonds. The van der Waals surface area contributed by atoms with Crippen molar-refractivity contribution in [2.45, 2.75) is 25.8 Å². The van der Waals surface area contributed by atoms with Gasteiger partial charge in [0.25, 0.3) is 0 Å². The zero-order valence-electron chi connectivity index (χ0n) is 18.3. The number of hydrogen-bond donors (Lipinski definition) is 1. The molecule has 2 bridgehead atoms. The number of allylic oxidation sites excluding steroid dienone is 2. The van der Waals surface area contributed by atoms with E-state index in [4.69, 9.17) is 11.6 Å². The summed E-state index contributed by atoms with van der Waals surface area (Å²) in [4.78, 5) is 42.3. The minimum atomic E-state index is -0.910. The summed E-state index contributed by atoms with van der Waals surface area (Å²) in [6.45, 7) is 1.88. The van der Waals surface area contributed by atoms with E-state index in [2.05, 4.69) is 17.5 Å². The first-order valence-electron chi connectivity index (χ1n) is 11.6. The summed E-state index contributed by atoms with van der Waals surface area (Å²) in [5.74, 6) is -0.0891. The Hall–Kier alpha value is -2.92. The maximum atomic E-state index is 13.7. The maximum absolute atomic E-state index is 13.7. The molecule has 7 unspecified atom stereocenters. The molecular weight excluding hydrogens is 436 g/mol. The number of imide groups is 1. The van der Waals surface area contributed by atoms with Gasteiger partial charge in [0.2, 0.25) is 17.7 Å². The Kier molecular flexibility index (Phi) is 4.73. The highest BCUT2D eigenvalue weighted by Gasteiger charge is 2.67. The van der Waals surface area contributed by atoms with Gasteiger partial charge in [-0.2, -0.15) is 0 Å². The van der Waals surface area contributed by atoms with Gasteiger partial charge in [0.05, 0.1) is 11.8 Å². The van der Waals surface area contributed by atoms with Gasteiger partial charge in [0.1, 0.15) is 6.04 Å². The first-order valence-corrected chi connectivity index (χ1v) is 12.0. The lowest BCUT2D eigenvalue weighted by molar-refractivity contribution is -0.146. The van der Waals surface area contributed by atoms with Gasteiger partial charge in [-0.3, -0.25) is 19.3 Å². The molecule has 3 fully saturated rings. The number of carbonyl (C=O) groups excluding carboxylic acids is 3. The van der Waals surface area contributed by atoms with Crippen LogP contribution in [0.4, 0.5) is 5.69 Å². The van der Waals surface area contributed by atoms with Crippen molar-refractivity contribution in [3.63, 3.8) is 0 Å². The highest BCUT2D eigenvalue weighted by Crippen LogP contribution is 2.65. The largest absolute Gasteiger partial charge is 0.324 e. The molecule has 2 saturated carbocycles. The van der Waals surface area contributed by atoms with E-state index in [0.717, 1.165) is 17.5 Å². The first kappa shape index (κ1) is 20.7. The molecule has 0 spiro atoms. The second kappa shape index (κ2) is 7.56. The molecule has 7 rings (SSSR count). The molecule has 0 radical (unpaired) electrons. The molecule has 1 saturated heterocycles. The molecule has 0 aromatic heterocycles. The maximum Gasteiger partial charge on any atom is 0.248 e. The van der Waals surface area contributed by atoms with Crippen molar-refractivity contribution in [3.8, 4) is 0 Å². The van der Waals surface area contributed by atoms with Gasteiger partial charge >= 0.3 is 0 Å². The Morgan fingerprint density at radius 2 is 1.67 bits per heavy atom. The fourth-order valence-corrected chi connectivity index (χ4v) is 6.54. The van der Waals surface area contributed by atoms with Gasteiger partial charge in [0.15, 0.2) is 0 Å². The van der Waals surface area contributed by atoms with Crippen molar-refractivity contribution in [1.82, 2.24) is 4.90 Å². The number of halogens is 1. The summed E-state index contributed by atoms with van der Waals surface area (Å²) in [6, 6.07) is 13.9. The molecule has 4 aliphatic carbocycles. The van der Waals surface area contributed by atoms with Crippen LogP contribution in [0.5, 0.6) is 0 Å². The summed E-state index contributed by atoms with van der Waals surface area (Å²) in [6.07, 6.45) is 5.68. The quantitative estimate of drug-likeness (QED) is 0.535. The molecule has 1 heterocycles. The fraction of sp³-hybridized carbons (Fsp3) is 0.370. The number of anilines is 1. The Bertz CT molecular complexity index is 1160. The monoisotopic (exact) mass is 460 g/mol. The predicted molar refractivity (Wildman–Crippen MR) is 125 cm³/mol. The third-order valence-electron chi connectivity index (χ3n) is 8.04. The van der Waals surface area contributed by atoms with Crippen LogP contribution in [0.1, 0.15) is 17.5 Å². The molecule has 1 N–H and O–H groups in total. The molecule has 33 heavy (non-hydrogen) atoms. The van der Waals surface area contributed by atoms with Crippen LogP contribution in [-0.4, -0.2) is 28.7 Å². The van der Waals surface area contributed by atoms with Crippen LogP contribution in [0.25, 0.3) is 0 Å². The van der Waals surface area contributed by atoms with Crippen molar-refractivity contribution in [1.29, 1.82) is 0 Å². The molecule has 5 aliphatic rings. The van der Waals surface area contributed by atoms with Gasteiger partial charge in [-0.15, -0.1) is 0 Å². The first-order chi connectivity index (χ1) is 15.9. The minimum absolute atomic E-state index is 0.127. The van der Waals surface area contributed by atoms with Crippen LogP contribution in [0.3, 0.4) is 0 Å². The fourth-order valence-electron chi connectivity index (χ4n) is 6.37. The average molecular weight is 461 g/mol. The van der Waals surface area contributed by atoms with Crippen LogP contribution in [0.15, 0.2) is 60.7 Å². The summed E-state index contributed by atoms with van der Waals surface area (Å²) in [5, 5.41) is 3.45. The number of benzene rings is 2. The van der Waals surface area contributed by atoms with E-state index >= 15 is 0 Å². The van der Waals surface area contributed by atoms with Crippen molar-refractivity contribution >= 4 is 35.0 Å². The second-order valence-corrected chi connectivity index (χ2v) is 10.3. The number of carbonyl (C=O) groups is 3. The van der Waals surface area contributed by atoms with Gasteiger partial charge in [-0.05, 0) is 60.3 Å². The number of amides is 3. The van der Waals surface area contributed by atoms with Crippen LogP contribution >= 0.6 is 11.6 Å². The van der Waals surface area contributed by atoms with Crippen molar-refractivity contribution in [2.75, 3.05) is 5.32 Å². The van der Waals surface area contributed by atoms with E-state index in [1.54, 1.807) is 12.1 Å². The summed E-state index contributed by atoms with van der Waals surface area (Å²) in [5.41, 5.74) is 2.35. The molecule has 6 heteroatoms. The molecular formula is C27H25ClN2O3. The van der Waals surface area contributed by atoms with E-state index in [-0.39, 0.29) is 47.8 Å². The van der Waals surface area contributed by atoms with Crippen molar-refractivity contribution in [3.05, 3.63) is 76.8 Å². The third kappa shape index (κ3) is 3.24. The highest BCUT2D eigenvalue weighted by atomic mass is 35.5. The zero-order valence-corrected chi connectivity index (χ0v) is 19.0. The Balaban J connectivity index is 1.34. The van der Waals surface area contributed by atoms with Crippen LogP contribution in [0.2, 0.25) is 5.02 Å². The predicted octanol–water partition coefficient (Wildman–Crippen LogP) is 4.25. The molecule has 168 valence electrons. The normalized spacial score (nSPS) is 31.9. The lowest BCUT2D eigenvalue weighted by atomic mass is 9.63. The molecule has 7 atom stereocenters. The second-order valence-electron chi connectivity index (χ2n) is 9.86. The van der Waals surface area contributed by atoms with E-state index < -0.39 is 6.04 Å². The average Bonchev–Trinajstić information content (AvgIpc) is 3.59. The Morgan fingerprint density at radius 3 is 2.30 bits per heavy atom. The topological polar surface area (TPSA) is 66.5 Å². The van der Waals surface area contributed by atoms with Crippen molar-refractivity contribution < 1.29 is 14.4 Å². The SMILES string of the molecule is Cc1ccc(Cl)cc1NC(=O)C(Cc1ccccc1)N1C(=O)C2C3C=CC(C4CC34)C2C1=O. The number of hydrogen-bond acceptors (Lipinski definition) is 3. The molecule has 2 aromatic rings. The number of rotatable bonds is 5. The zero-order chi connectivity index (χ0) is 22.9. The standard InChI is InChI=1S/C27H25ClN2O3/c1-14-7-8-16(28)12-21(14)29-25(31)22(11-15-5-3-2-4-6-15)30-26(32)23-17-9-10-18(20-13-19(17)20)24(23)27(30)33/h2-10,12,17-20,22-24H,11,13H2,1H3,(H,29,31). The third-order valence-corrected chi connectivity index (χ3v) is 8.28. The number of aryl methyl sites for hydroxylation is 1. The molecule has 1 aliphatic heterocycles. The Morgan fingerprint density at radius 1 is 1.03 bits per heavy atom. The van der Waals surface area contributed by atoms with Gasteiger partial charge in [0, 0.05) is 17.1 Å². The number of nitrogens with zero attached hydrogens (tertiary/aromatic N) is 1. The summed E-state index contributed by atoms with van der Waals surface area (Å²) < 4.78 is 0. The lowest BCUT2D eigenvalue weighted by Crippen LogP contribution is -2.49. The molecule has 5 nitrogen and oxygen atoms in total. The van der Waals surface area contributed by atoms with E-state index in [9.17, 15) is 14.4 Å². The van der Waals surface area contributed by atoms with Crippen molar-refractivity contribution in [2.24, 2.45) is 35.5 Å². The van der Waals surface area contributed by atoms with E-state index in [1.807, 2.05) is 43.3 Å². The van der Waals surface area contributed by atoms with Crippen LogP contribution in [0, 0.1) is 42.4 Å². The van der Waals surface area contributed by atoms with E-state index in [0.29, 0.717) is 22.5 Å². The van der Waals surface area contributed by atoms with E-state index in [1.165, 1.54) is 4.90 Å². The Labute approximate surface area is 197 Å². The van der Waals surface area contributed by atoms with Crippen LogP contribution < -0.4 is 5.32 Å². The number of likely N-dealkylation sites (tertiary alicyclic amines) is 1.